The van der Waals surface area contributed by atoms with Crippen LogP contribution in [0.4, 0.5) is 5.69 Å². The third-order valence-corrected chi connectivity index (χ3v) is 3.93. The standard InChI is InChI=1S/C19H24N4O/c1-2-16(15-21)19(7-8-20)17-3-5-18(6-4-17)22-9-10-23-11-13-24-14-12-23/h2-8,22H,1,9-14,20H2/b8-7-,19-16-. The summed E-state index contributed by atoms with van der Waals surface area (Å²) in [5.41, 5.74) is 8.77. The Morgan fingerprint density at radius 2 is 2.04 bits per heavy atom. The van der Waals surface area contributed by atoms with Crippen LogP contribution in [-0.4, -0.2) is 44.3 Å². The van der Waals surface area contributed by atoms with E-state index in [0.29, 0.717) is 5.57 Å². The van der Waals surface area contributed by atoms with Gasteiger partial charge in [-0.3, -0.25) is 4.90 Å². The predicted octanol–water partition coefficient (Wildman–Crippen LogP) is 2.37. The molecule has 0 aromatic heterocycles. The summed E-state index contributed by atoms with van der Waals surface area (Å²) in [6.45, 7) is 9.22. The zero-order chi connectivity index (χ0) is 17.2. The molecule has 126 valence electrons. The van der Waals surface area contributed by atoms with Gasteiger partial charge in [0.25, 0.3) is 0 Å². The summed E-state index contributed by atoms with van der Waals surface area (Å²) in [5, 5.41) is 12.6. The summed E-state index contributed by atoms with van der Waals surface area (Å²) < 4.78 is 5.35. The molecule has 5 nitrogen and oxygen atoms in total. The van der Waals surface area contributed by atoms with Crippen molar-refractivity contribution in [2.45, 2.75) is 0 Å². The molecule has 5 heteroatoms. The normalized spacial score (nSPS) is 16.5. The van der Waals surface area contributed by atoms with E-state index in [1.165, 1.54) is 6.20 Å². The second-order valence-electron chi connectivity index (χ2n) is 5.46. The molecule has 1 aliphatic heterocycles. The molecule has 0 atom stereocenters. The van der Waals surface area contributed by atoms with Crippen LogP contribution in [0, 0.1) is 11.3 Å². The van der Waals surface area contributed by atoms with Crippen molar-refractivity contribution in [3.05, 3.63) is 60.3 Å². The van der Waals surface area contributed by atoms with E-state index in [2.05, 4.69) is 22.9 Å². The first-order valence-electron chi connectivity index (χ1n) is 8.08. The number of nitrogens with zero attached hydrogens (tertiary/aromatic N) is 2. The Kier molecular flexibility index (Phi) is 7.09. The molecule has 2 rings (SSSR count). The second kappa shape index (κ2) is 9.56. The number of nitrogens with two attached hydrogens (primary N) is 1. The van der Waals surface area contributed by atoms with E-state index >= 15 is 0 Å². The summed E-state index contributed by atoms with van der Waals surface area (Å²) in [6.07, 6.45) is 4.70. The van der Waals surface area contributed by atoms with Gasteiger partial charge < -0.3 is 15.8 Å². The van der Waals surface area contributed by atoms with Crippen molar-refractivity contribution in [3.63, 3.8) is 0 Å². The lowest BCUT2D eigenvalue weighted by molar-refractivity contribution is 0.0398. The zero-order valence-corrected chi connectivity index (χ0v) is 13.9. The molecule has 0 aliphatic carbocycles. The molecule has 3 N–H and O–H groups in total. The number of morpholine rings is 1. The van der Waals surface area contributed by atoms with Gasteiger partial charge in [-0.2, -0.15) is 5.26 Å². The van der Waals surface area contributed by atoms with Crippen molar-refractivity contribution in [2.24, 2.45) is 5.73 Å². The minimum absolute atomic E-state index is 0.504. The molecule has 0 spiro atoms. The molecule has 0 amide bonds. The van der Waals surface area contributed by atoms with Gasteiger partial charge in [-0.15, -0.1) is 0 Å². The Balaban J connectivity index is 1.97. The Morgan fingerprint density at radius 1 is 1.33 bits per heavy atom. The zero-order valence-electron chi connectivity index (χ0n) is 13.9. The first-order chi connectivity index (χ1) is 11.8. The van der Waals surface area contributed by atoms with Gasteiger partial charge in [0, 0.05) is 37.4 Å². The first-order valence-corrected chi connectivity index (χ1v) is 8.08. The summed E-state index contributed by atoms with van der Waals surface area (Å²) in [6, 6.07) is 10.1. The Morgan fingerprint density at radius 3 is 2.62 bits per heavy atom. The van der Waals surface area contributed by atoms with E-state index < -0.39 is 0 Å². The van der Waals surface area contributed by atoms with Gasteiger partial charge >= 0.3 is 0 Å². The number of ether oxygens (including phenoxy) is 1. The predicted molar refractivity (Wildman–Crippen MR) is 98.2 cm³/mol. The first kappa shape index (κ1) is 17.8. The van der Waals surface area contributed by atoms with E-state index in [0.717, 1.165) is 56.2 Å². The molecule has 1 aromatic carbocycles. The van der Waals surface area contributed by atoms with Crippen molar-refractivity contribution in [1.82, 2.24) is 4.90 Å². The number of benzene rings is 1. The maximum Gasteiger partial charge on any atom is 0.0997 e. The number of hydrogen-bond donors (Lipinski definition) is 2. The summed E-state index contributed by atoms with van der Waals surface area (Å²) in [7, 11) is 0. The lowest BCUT2D eigenvalue weighted by Gasteiger charge is -2.26. The summed E-state index contributed by atoms with van der Waals surface area (Å²) >= 11 is 0. The monoisotopic (exact) mass is 324 g/mol. The minimum Gasteiger partial charge on any atom is -0.405 e. The maximum atomic E-state index is 9.20. The highest BCUT2D eigenvalue weighted by Gasteiger charge is 2.09. The number of rotatable bonds is 7. The summed E-state index contributed by atoms with van der Waals surface area (Å²) in [4.78, 5) is 2.39. The smallest absolute Gasteiger partial charge is 0.0997 e. The molecular weight excluding hydrogens is 300 g/mol. The fourth-order valence-corrected chi connectivity index (χ4v) is 2.60. The number of nitrogens with one attached hydrogen (secondary N) is 1. The van der Waals surface area contributed by atoms with E-state index in [1.807, 2.05) is 24.3 Å². The van der Waals surface area contributed by atoms with Gasteiger partial charge in [0.15, 0.2) is 0 Å². The highest BCUT2D eigenvalue weighted by Crippen LogP contribution is 2.22. The molecule has 0 radical (unpaired) electrons. The quantitative estimate of drug-likeness (QED) is 0.595. The second-order valence-corrected chi connectivity index (χ2v) is 5.46. The van der Waals surface area contributed by atoms with Crippen LogP contribution in [0.15, 0.2) is 54.8 Å². The van der Waals surface area contributed by atoms with Crippen LogP contribution in [0.5, 0.6) is 0 Å². The van der Waals surface area contributed by atoms with Crippen LogP contribution < -0.4 is 11.1 Å². The van der Waals surface area contributed by atoms with Crippen LogP contribution in [0.3, 0.4) is 0 Å². The van der Waals surface area contributed by atoms with E-state index in [-0.39, 0.29) is 0 Å². The molecule has 1 fully saturated rings. The van der Waals surface area contributed by atoms with Crippen LogP contribution in [0.25, 0.3) is 5.57 Å². The SMILES string of the molecule is C=C/C(C#N)=C(\C=C/N)c1ccc(NCCN2CCOCC2)cc1. The van der Waals surface area contributed by atoms with Gasteiger partial charge in [-0.1, -0.05) is 24.8 Å². The Hall–Kier alpha value is -2.55. The highest BCUT2D eigenvalue weighted by molar-refractivity contribution is 5.81. The topological polar surface area (TPSA) is 74.3 Å². The van der Waals surface area contributed by atoms with Crippen LogP contribution in [0.2, 0.25) is 0 Å². The van der Waals surface area contributed by atoms with Gasteiger partial charge in [0.1, 0.15) is 0 Å². The number of anilines is 1. The third kappa shape index (κ3) is 4.98. The van der Waals surface area contributed by atoms with Crippen molar-refractivity contribution >= 4 is 11.3 Å². The van der Waals surface area contributed by atoms with Gasteiger partial charge in [0.2, 0.25) is 0 Å². The fraction of sp³-hybridized carbons (Fsp3) is 0.316. The molecule has 24 heavy (non-hydrogen) atoms. The van der Waals surface area contributed by atoms with Crippen molar-refractivity contribution in [3.8, 4) is 6.07 Å². The van der Waals surface area contributed by atoms with Gasteiger partial charge in [-0.05, 0) is 30.0 Å². The Bertz CT molecular complexity index is 634. The molecule has 1 aliphatic rings. The van der Waals surface area contributed by atoms with Crippen LogP contribution >= 0.6 is 0 Å². The lowest BCUT2D eigenvalue weighted by Crippen LogP contribution is -2.38. The molecule has 1 aromatic rings. The molecule has 0 saturated carbocycles. The van der Waals surface area contributed by atoms with Gasteiger partial charge in [-0.25, -0.2) is 0 Å². The number of allylic oxidation sites excluding steroid dienone is 4. The third-order valence-electron chi connectivity index (χ3n) is 3.93. The largest absolute Gasteiger partial charge is 0.405 e. The lowest BCUT2D eigenvalue weighted by atomic mass is 10.00. The molecular formula is C19H24N4O. The highest BCUT2D eigenvalue weighted by atomic mass is 16.5. The van der Waals surface area contributed by atoms with Gasteiger partial charge in [0.05, 0.1) is 24.9 Å². The van der Waals surface area contributed by atoms with E-state index in [4.69, 9.17) is 10.5 Å². The van der Waals surface area contributed by atoms with E-state index in [9.17, 15) is 5.26 Å². The summed E-state index contributed by atoms with van der Waals surface area (Å²) in [5.74, 6) is 0. The molecule has 1 saturated heterocycles. The van der Waals surface area contributed by atoms with E-state index in [1.54, 1.807) is 12.2 Å². The average molecular weight is 324 g/mol. The number of nitriles is 1. The van der Waals surface area contributed by atoms with Crippen LogP contribution in [-0.2, 0) is 4.74 Å². The molecule has 0 bridgehead atoms. The van der Waals surface area contributed by atoms with Crippen molar-refractivity contribution in [1.29, 1.82) is 5.26 Å². The van der Waals surface area contributed by atoms with Crippen LogP contribution in [0.1, 0.15) is 5.56 Å². The fourth-order valence-electron chi connectivity index (χ4n) is 2.60. The maximum absolute atomic E-state index is 9.20. The van der Waals surface area contributed by atoms with Crippen molar-refractivity contribution < 1.29 is 4.74 Å². The number of hydrogen-bond acceptors (Lipinski definition) is 5. The van der Waals surface area contributed by atoms with Crippen molar-refractivity contribution in [2.75, 3.05) is 44.7 Å². The molecule has 1 heterocycles. The average Bonchev–Trinajstić information content (AvgIpc) is 2.63. The molecule has 0 unspecified atom stereocenters. The Labute approximate surface area is 143 Å². The minimum atomic E-state index is 0.504.